The van der Waals surface area contributed by atoms with Crippen molar-refractivity contribution >= 4 is 0 Å². The normalized spacial score (nSPS) is 18.3. The molecule has 3 heterocycles. The van der Waals surface area contributed by atoms with Crippen LogP contribution >= 0.6 is 0 Å². The molecule has 0 amide bonds. The third-order valence-electron chi connectivity index (χ3n) is 4.33. The van der Waals surface area contributed by atoms with Crippen LogP contribution < -0.4 is 0 Å². The second kappa shape index (κ2) is 6.20. The van der Waals surface area contributed by atoms with Crippen molar-refractivity contribution in [1.82, 2.24) is 15.0 Å². The van der Waals surface area contributed by atoms with Crippen LogP contribution in [0.4, 0.5) is 4.39 Å². The van der Waals surface area contributed by atoms with Gasteiger partial charge in [-0.25, -0.2) is 9.37 Å². The van der Waals surface area contributed by atoms with E-state index in [4.69, 9.17) is 8.94 Å². The highest BCUT2D eigenvalue weighted by Crippen LogP contribution is 2.33. The summed E-state index contributed by atoms with van der Waals surface area (Å²) < 4.78 is 24.3. The first kappa shape index (κ1) is 15.1. The molecular formula is C18H18FN3O2. The highest BCUT2D eigenvalue weighted by atomic mass is 19.1. The molecule has 6 heteroatoms. The number of hydrogen-bond acceptors (Lipinski definition) is 5. The summed E-state index contributed by atoms with van der Waals surface area (Å²) in [4.78, 5) is 6.81. The van der Waals surface area contributed by atoms with Crippen LogP contribution in [0.3, 0.4) is 0 Å². The Bertz CT molecular complexity index is 842. The van der Waals surface area contributed by atoms with E-state index < -0.39 is 0 Å². The highest BCUT2D eigenvalue weighted by Gasteiger charge is 2.29. The number of halogens is 1. The Morgan fingerprint density at radius 3 is 3.04 bits per heavy atom. The van der Waals surface area contributed by atoms with Crippen LogP contribution in [0.15, 0.2) is 45.5 Å². The fourth-order valence-electron chi connectivity index (χ4n) is 3.22. The molecule has 1 aromatic carbocycles. The van der Waals surface area contributed by atoms with Gasteiger partial charge in [0.05, 0.1) is 17.4 Å². The van der Waals surface area contributed by atoms with Gasteiger partial charge in [0.2, 0.25) is 5.89 Å². The first-order valence-corrected chi connectivity index (χ1v) is 8.06. The van der Waals surface area contributed by atoms with Crippen molar-refractivity contribution in [1.29, 1.82) is 0 Å². The molecule has 0 radical (unpaired) electrons. The fraction of sp³-hybridized carbons (Fsp3) is 0.333. The maximum Gasteiger partial charge on any atom is 0.226 e. The van der Waals surface area contributed by atoms with Crippen molar-refractivity contribution in [3.05, 3.63) is 59.6 Å². The van der Waals surface area contributed by atoms with Gasteiger partial charge in [0.1, 0.15) is 12.1 Å². The van der Waals surface area contributed by atoms with Gasteiger partial charge in [0, 0.05) is 18.2 Å². The topological polar surface area (TPSA) is 55.3 Å². The Morgan fingerprint density at radius 2 is 2.25 bits per heavy atom. The predicted octanol–water partition coefficient (Wildman–Crippen LogP) is 4.11. The van der Waals surface area contributed by atoms with Crippen LogP contribution in [0.5, 0.6) is 0 Å². The van der Waals surface area contributed by atoms with Gasteiger partial charge in [0.15, 0.2) is 5.76 Å². The predicted molar refractivity (Wildman–Crippen MR) is 85.5 cm³/mol. The molecule has 24 heavy (non-hydrogen) atoms. The van der Waals surface area contributed by atoms with Crippen LogP contribution in [0.2, 0.25) is 0 Å². The summed E-state index contributed by atoms with van der Waals surface area (Å²) in [5, 5.41) is 3.98. The lowest BCUT2D eigenvalue weighted by Crippen LogP contribution is -2.22. The Labute approximate surface area is 139 Å². The van der Waals surface area contributed by atoms with Crippen LogP contribution in [-0.2, 0) is 6.54 Å². The average Bonchev–Trinajstić information content (AvgIpc) is 3.28. The lowest BCUT2D eigenvalue weighted by atomic mass is 10.1. The number of aryl methyl sites for hydroxylation is 1. The molecule has 1 fully saturated rings. The van der Waals surface area contributed by atoms with Gasteiger partial charge in [-0.2, -0.15) is 0 Å². The Hall–Kier alpha value is -2.47. The molecule has 1 unspecified atom stereocenters. The fourth-order valence-corrected chi connectivity index (χ4v) is 3.22. The monoisotopic (exact) mass is 327 g/mol. The molecule has 0 aliphatic carbocycles. The third kappa shape index (κ3) is 2.97. The van der Waals surface area contributed by atoms with Crippen molar-refractivity contribution in [2.24, 2.45) is 0 Å². The zero-order valence-corrected chi connectivity index (χ0v) is 13.4. The molecule has 0 N–H and O–H groups in total. The second-order valence-corrected chi connectivity index (χ2v) is 6.15. The van der Waals surface area contributed by atoms with Gasteiger partial charge in [-0.1, -0.05) is 11.2 Å². The maximum atomic E-state index is 13.3. The van der Waals surface area contributed by atoms with Gasteiger partial charge in [-0.3, -0.25) is 4.90 Å². The summed E-state index contributed by atoms with van der Waals surface area (Å²) in [5.41, 5.74) is 2.37. The van der Waals surface area contributed by atoms with Crippen molar-refractivity contribution in [2.75, 3.05) is 6.54 Å². The number of hydrogen-bond donors (Lipinski definition) is 0. The van der Waals surface area contributed by atoms with Crippen molar-refractivity contribution in [2.45, 2.75) is 32.4 Å². The molecule has 1 atom stereocenters. The zero-order chi connectivity index (χ0) is 16.5. The molecular weight excluding hydrogens is 309 g/mol. The van der Waals surface area contributed by atoms with Crippen LogP contribution in [0.1, 0.15) is 36.0 Å². The molecule has 5 nitrogen and oxygen atoms in total. The molecule has 1 aliphatic heterocycles. The Morgan fingerprint density at radius 1 is 1.33 bits per heavy atom. The SMILES string of the molecule is Cc1cc(C2CCCN2Cc2coc(-c3cccc(F)c3)n2)on1. The van der Waals surface area contributed by atoms with E-state index in [1.807, 2.05) is 13.0 Å². The summed E-state index contributed by atoms with van der Waals surface area (Å²) in [7, 11) is 0. The number of oxazole rings is 1. The van der Waals surface area contributed by atoms with Crippen molar-refractivity contribution < 1.29 is 13.3 Å². The summed E-state index contributed by atoms with van der Waals surface area (Å²) in [6.45, 7) is 3.57. The van der Waals surface area contributed by atoms with Gasteiger partial charge < -0.3 is 8.94 Å². The molecule has 1 aliphatic rings. The number of aromatic nitrogens is 2. The molecule has 4 rings (SSSR count). The largest absolute Gasteiger partial charge is 0.444 e. The van der Waals surface area contributed by atoms with Gasteiger partial charge >= 0.3 is 0 Å². The number of likely N-dealkylation sites (tertiary alicyclic amines) is 1. The molecule has 3 aromatic rings. The van der Waals surface area contributed by atoms with E-state index in [1.54, 1.807) is 18.4 Å². The Balaban J connectivity index is 1.51. The standard InChI is InChI=1S/C18H18FN3O2/c1-12-8-17(24-21-12)16-6-3-7-22(16)10-15-11-23-18(20-15)13-4-2-5-14(19)9-13/h2,4-5,8-9,11,16H,3,6-7,10H2,1H3. The highest BCUT2D eigenvalue weighted by molar-refractivity contribution is 5.52. The van der Waals surface area contributed by atoms with E-state index in [0.29, 0.717) is 18.0 Å². The zero-order valence-electron chi connectivity index (χ0n) is 13.4. The number of benzene rings is 1. The third-order valence-corrected chi connectivity index (χ3v) is 4.33. The molecule has 1 saturated heterocycles. The van der Waals surface area contributed by atoms with Crippen molar-refractivity contribution in [3.63, 3.8) is 0 Å². The van der Waals surface area contributed by atoms with Crippen LogP contribution in [0.25, 0.3) is 11.5 Å². The minimum atomic E-state index is -0.299. The quantitative estimate of drug-likeness (QED) is 0.721. The lowest BCUT2D eigenvalue weighted by Gasteiger charge is -2.20. The van der Waals surface area contributed by atoms with E-state index in [9.17, 15) is 4.39 Å². The number of nitrogens with zero attached hydrogens (tertiary/aromatic N) is 3. The van der Waals surface area contributed by atoms with Gasteiger partial charge in [-0.15, -0.1) is 0 Å². The smallest absolute Gasteiger partial charge is 0.226 e. The summed E-state index contributed by atoms with van der Waals surface area (Å²) in [6.07, 6.45) is 3.80. The Kier molecular flexibility index (Phi) is 3.90. The summed E-state index contributed by atoms with van der Waals surface area (Å²) in [6, 6.07) is 8.48. The molecule has 0 saturated carbocycles. The van der Waals surface area contributed by atoms with E-state index in [-0.39, 0.29) is 11.9 Å². The van der Waals surface area contributed by atoms with E-state index in [1.165, 1.54) is 12.1 Å². The van der Waals surface area contributed by atoms with E-state index in [0.717, 1.165) is 36.5 Å². The molecule has 2 aromatic heterocycles. The van der Waals surface area contributed by atoms with Crippen molar-refractivity contribution in [3.8, 4) is 11.5 Å². The minimum Gasteiger partial charge on any atom is -0.444 e. The summed E-state index contributed by atoms with van der Waals surface area (Å²) >= 11 is 0. The first-order chi connectivity index (χ1) is 11.7. The van der Waals surface area contributed by atoms with E-state index >= 15 is 0 Å². The second-order valence-electron chi connectivity index (χ2n) is 6.15. The molecule has 0 spiro atoms. The first-order valence-electron chi connectivity index (χ1n) is 8.06. The molecule has 124 valence electrons. The molecule has 0 bridgehead atoms. The maximum absolute atomic E-state index is 13.3. The average molecular weight is 327 g/mol. The summed E-state index contributed by atoms with van der Waals surface area (Å²) in [5.74, 6) is 1.04. The van der Waals surface area contributed by atoms with Gasteiger partial charge in [0.25, 0.3) is 0 Å². The van der Waals surface area contributed by atoms with Crippen LogP contribution in [0, 0.1) is 12.7 Å². The van der Waals surface area contributed by atoms with Crippen LogP contribution in [-0.4, -0.2) is 21.6 Å². The minimum absolute atomic E-state index is 0.223. The van der Waals surface area contributed by atoms with Gasteiger partial charge in [-0.05, 0) is 44.5 Å². The number of rotatable bonds is 4. The van der Waals surface area contributed by atoms with E-state index in [2.05, 4.69) is 15.0 Å². The lowest BCUT2D eigenvalue weighted by molar-refractivity contribution is 0.204.